The first-order valence-corrected chi connectivity index (χ1v) is 8.02. The van der Waals surface area contributed by atoms with Crippen LogP contribution in [0.1, 0.15) is 18.4 Å². The summed E-state index contributed by atoms with van der Waals surface area (Å²) in [5, 5.41) is 12.4. The summed E-state index contributed by atoms with van der Waals surface area (Å²) < 4.78 is 1.73. The number of carbonyl (C=O) groups excluding carboxylic acids is 1. The van der Waals surface area contributed by atoms with Crippen LogP contribution in [0.2, 0.25) is 0 Å². The van der Waals surface area contributed by atoms with E-state index >= 15 is 0 Å². The van der Waals surface area contributed by atoms with Gasteiger partial charge in [0, 0.05) is 13.1 Å². The zero-order chi connectivity index (χ0) is 14.5. The van der Waals surface area contributed by atoms with Crippen molar-refractivity contribution in [2.75, 3.05) is 18.8 Å². The quantitative estimate of drug-likeness (QED) is 0.782. The fraction of sp³-hybridized carbons (Fsp3) is 0.429. The summed E-state index contributed by atoms with van der Waals surface area (Å²) in [6.07, 6.45) is 2.23. The Kier molecular flexibility index (Phi) is 4.49. The topological polar surface area (TPSA) is 63.9 Å². The Hall–Kier alpha value is -1.89. The molecule has 0 atom stereocenters. The fourth-order valence-corrected chi connectivity index (χ4v) is 3.12. The number of carbonyl (C=O) groups is 1. The Morgan fingerprint density at radius 3 is 2.71 bits per heavy atom. The number of tetrazole rings is 1. The van der Waals surface area contributed by atoms with Crippen molar-refractivity contribution < 1.29 is 4.79 Å². The monoisotopic (exact) mass is 303 g/mol. The molecule has 0 saturated carbocycles. The fourth-order valence-electron chi connectivity index (χ4n) is 2.34. The molecule has 0 aliphatic carbocycles. The van der Waals surface area contributed by atoms with E-state index in [1.165, 1.54) is 11.8 Å². The molecule has 2 heterocycles. The first-order chi connectivity index (χ1) is 10.3. The van der Waals surface area contributed by atoms with E-state index < -0.39 is 0 Å². The van der Waals surface area contributed by atoms with Gasteiger partial charge in [0.15, 0.2) is 0 Å². The number of amides is 1. The molecule has 1 aromatic carbocycles. The van der Waals surface area contributed by atoms with Crippen molar-refractivity contribution in [3.63, 3.8) is 0 Å². The predicted molar refractivity (Wildman–Crippen MR) is 79.9 cm³/mol. The minimum Gasteiger partial charge on any atom is -0.342 e. The first-order valence-electron chi connectivity index (χ1n) is 7.03. The second-order valence-corrected chi connectivity index (χ2v) is 5.92. The van der Waals surface area contributed by atoms with Gasteiger partial charge in [-0.05, 0) is 28.8 Å². The van der Waals surface area contributed by atoms with E-state index in [1.807, 2.05) is 35.2 Å². The second-order valence-electron chi connectivity index (χ2n) is 4.98. The molecule has 110 valence electrons. The highest BCUT2D eigenvalue weighted by Crippen LogP contribution is 2.17. The molecule has 21 heavy (non-hydrogen) atoms. The Morgan fingerprint density at radius 1 is 1.19 bits per heavy atom. The number of aromatic nitrogens is 4. The summed E-state index contributed by atoms with van der Waals surface area (Å²) in [6.45, 7) is 2.39. The Bertz CT molecular complexity index is 594. The Labute approximate surface area is 127 Å². The van der Waals surface area contributed by atoms with E-state index in [0.717, 1.165) is 31.5 Å². The molecule has 7 heteroatoms. The summed E-state index contributed by atoms with van der Waals surface area (Å²) in [5.41, 5.74) is 1.14. The molecule has 0 bridgehead atoms. The number of nitrogens with zero attached hydrogens (tertiary/aromatic N) is 5. The minimum absolute atomic E-state index is 0.173. The molecule has 0 spiro atoms. The zero-order valence-electron chi connectivity index (χ0n) is 11.7. The maximum Gasteiger partial charge on any atom is 0.233 e. The first kappa shape index (κ1) is 14.1. The van der Waals surface area contributed by atoms with Crippen molar-refractivity contribution in [2.45, 2.75) is 24.5 Å². The maximum atomic E-state index is 12.0. The average Bonchev–Trinajstić information content (AvgIpc) is 3.18. The summed E-state index contributed by atoms with van der Waals surface area (Å²) in [4.78, 5) is 14.0. The Balaban J connectivity index is 1.59. The maximum absolute atomic E-state index is 12.0. The summed E-state index contributed by atoms with van der Waals surface area (Å²) >= 11 is 1.40. The van der Waals surface area contributed by atoms with Gasteiger partial charge in [0.2, 0.25) is 11.1 Å². The van der Waals surface area contributed by atoms with E-state index in [-0.39, 0.29) is 5.91 Å². The lowest BCUT2D eigenvalue weighted by Crippen LogP contribution is -2.29. The third-order valence-electron chi connectivity index (χ3n) is 3.46. The SMILES string of the molecule is O=C(CSc1nnnn1Cc1ccccc1)N1CCCC1. The van der Waals surface area contributed by atoms with Gasteiger partial charge in [-0.15, -0.1) is 5.10 Å². The molecular weight excluding hydrogens is 286 g/mol. The van der Waals surface area contributed by atoms with Gasteiger partial charge < -0.3 is 4.90 Å². The highest BCUT2D eigenvalue weighted by molar-refractivity contribution is 7.99. The standard InChI is InChI=1S/C14H17N5OS/c20-13(18-8-4-5-9-18)11-21-14-15-16-17-19(14)10-12-6-2-1-3-7-12/h1-3,6-7H,4-5,8-11H2. The van der Waals surface area contributed by atoms with Crippen molar-refractivity contribution >= 4 is 17.7 Å². The molecule has 1 aliphatic rings. The normalized spacial score (nSPS) is 14.6. The molecule has 0 radical (unpaired) electrons. The molecule has 1 aliphatic heterocycles. The van der Waals surface area contributed by atoms with Crippen LogP contribution < -0.4 is 0 Å². The van der Waals surface area contributed by atoms with Crippen LogP contribution in [0.5, 0.6) is 0 Å². The van der Waals surface area contributed by atoms with Gasteiger partial charge in [-0.3, -0.25) is 4.79 Å². The molecule has 3 rings (SSSR count). The van der Waals surface area contributed by atoms with Gasteiger partial charge in [0.1, 0.15) is 0 Å². The smallest absolute Gasteiger partial charge is 0.233 e. The third kappa shape index (κ3) is 3.60. The minimum atomic E-state index is 0.173. The third-order valence-corrected chi connectivity index (χ3v) is 4.40. The average molecular weight is 303 g/mol. The molecule has 1 saturated heterocycles. The van der Waals surface area contributed by atoms with Crippen molar-refractivity contribution in [1.29, 1.82) is 0 Å². The van der Waals surface area contributed by atoms with E-state index in [9.17, 15) is 4.79 Å². The Morgan fingerprint density at radius 2 is 1.95 bits per heavy atom. The van der Waals surface area contributed by atoms with Crippen molar-refractivity contribution in [3.8, 4) is 0 Å². The summed E-state index contributed by atoms with van der Waals surface area (Å²) in [5.74, 6) is 0.571. The zero-order valence-corrected chi connectivity index (χ0v) is 12.5. The van der Waals surface area contributed by atoms with Crippen LogP contribution in [-0.2, 0) is 11.3 Å². The van der Waals surface area contributed by atoms with Gasteiger partial charge in [-0.1, -0.05) is 42.1 Å². The van der Waals surface area contributed by atoms with Gasteiger partial charge in [0.05, 0.1) is 12.3 Å². The highest BCUT2D eigenvalue weighted by Gasteiger charge is 2.19. The van der Waals surface area contributed by atoms with Gasteiger partial charge in [-0.2, -0.15) is 0 Å². The second kappa shape index (κ2) is 6.71. The number of hydrogen-bond acceptors (Lipinski definition) is 5. The molecular formula is C14H17N5OS. The molecule has 1 fully saturated rings. The molecule has 2 aromatic rings. The largest absolute Gasteiger partial charge is 0.342 e. The van der Waals surface area contributed by atoms with Crippen molar-refractivity contribution in [1.82, 2.24) is 25.1 Å². The number of benzene rings is 1. The number of thioether (sulfide) groups is 1. The lowest BCUT2D eigenvalue weighted by Gasteiger charge is -2.14. The number of hydrogen-bond donors (Lipinski definition) is 0. The van der Waals surface area contributed by atoms with Crippen molar-refractivity contribution in [3.05, 3.63) is 35.9 Å². The van der Waals surface area contributed by atoms with Crippen LogP contribution in [0.4, 0.5) is 0 Å². The van der Waals surface area contributed by atoms with Crippen molar-refractivity contribution in [2.24, 2.45) is 0 Å². The molecule has 0 N–H and O–H groups in total. The molecule has 1 amide bonds. The number of likely N-dealkylation sites (tertiary alicyclic amines) is 1. The summed E-state index contributed by atoms with van der Waals surface area (Å²) in [7, 11) is 0. The summed E-state index contributed by atoms with van der Waals surface area (Å²) in [6, 6.07) is 10.0. The lowest BCUT2D eigenvalue weighted by molar-refractivity contribution is -0.127. The molecule has 1 aromatic heterocycles. The van der Waals surface area contributed by atoms with Crippen LogP contribution in [0.15, 0.2) is 35.5 Å². The van der Waals surface area contributed by atoms with Gasteiger partial charge in [-0.25, -0.2) is 4.68 Å². The van der Waals surface area contributed by atoms with E-state index in [1.54, 1.807) is 4.68 Å². The van der Waals surface area contributed by atoms with E-state index in [0.29, 0.717) is 17.5 Å². The van der Waals surface area contributed by atoms with Crippen LogP contribution >= 0.6 is 11.8 Å². The van der Waals surface area contributed by atoms with E-state index in [4.69, 9.17) is 0 Å². The highest BCUT2D eigenvalue weighted by atomic mass is 32.2. The van der Waals surface area contributed by atoms with E-state index in [2.05, 4.69) is 15.5 Å². The van der Waals surface area contributed by atoms with Crippen LogP contribution in [0.25, 0.3) is 0 Å². The van der Waals surface area contributed by atoms with Crippen LogP contribution in [0, 0.1) is 0 Å². The molecule has 6 nitrogen and oxygen atoms in total. The van der Waals surface area contributed by atoms with Crippen LogP contribution in [-0.4, -0.2) is 49.9 Å². The lowest BCUT2D eigenvalue weighted by atomic mass is 10.2. The predicted octanol–water partition coefficient (Wildman–Crippen LogP) is 1.44. The van der Waals surface area contributed by atoms with Gasteiger partial charge in [0.25, 0.3) is 0 Å². The number of rotatable bonds is 5. The molecule has 0 unspecified atom stereocenters. The van der Waals surface area contributed by atoms with Gasteiger partial charge >= 0.3 is 0 Å². The van der Waals surface area contributed by atoms with Crippen LogP contribution in [0.3, 0.4) is 0 Å².